The molecule has 2 heterocycles. The van der Waals surface area contributed by atoms with E-state index in [4.69, 9.17) is 4.74 Å². The first-order valence-corrected chi connectivity index (χ1v) is 7.97. The molecule has 120 valence electrons. The lowest BCUT2D eigenvalue weighted by Crippen LogP contribution is -2.45. The number of nitro groups is 1. The van der Waals surface area contributed by atoms with E-state index < -0.39 is 0 Å². The van der Waals surface area contributed by atoms with Crippen molar-refractivity contribution in [2.45, 2.75) is 25.8 Å². The number of benzene rings is 1. The van der Waals surface area contributed by atoms with E-state index >= 15 is 0 Å². The number of anilines is 1. The van der Waals surface area contributed by atoms with Gasteiger partial charge in [-0.05, 0) is 31.9 Å². The lowest BCUT2D eigenvalue weighted by Gasteiger charge is -2.34. The van der Waals surface area contributed by atoms with Crippen molar-refractivity contribution in [3.63, 3.8) is 0 Å². The highest BCUT2D eigenvalue weighted by atomic mass is 16.6. The van der Waals surface area contributed by atoms with Crippen LogP contribution in [0.15, 0.2) is 18.2 Å². The normalized spacial score (nSPS) is 23.0. The molecule has 2 aliphatic heterocycles. The predicted molar refractivity (Wildman–Crippen MR) is 85.5 cm³/mol. The summed E-state index contributed by atoms with van der Waals surface area (Å²) in [5, 5.41) is 11.0. The SMILES string of the molecule is Cc1cc(N2CCC[C@@H]2CN2CCOCC2)ccc1[N+](=O)[O-]. The van der Waals surface area contributed by atoms with E-state index in [0.717, 1.165) is 50.6 Å². The third-order valence-electron chi connectivity index (χ3n) is 4.66. The molecule has 0 bridgehead atoms. The molecule has 2 fully saturated rings. The summed E-state index contributed by atoms with van der Waals surface area (Å²) in [5.74, 6) is 0. The van der Waals surface area contributed by atoms with Gasteiger partial charge in [0, 0.05) is 49.5 Å². The van der Waals surface area contributed by atoms with Gasteiger partial charge < -0.3 is 9.64 Å². The highest BCUT2D eigenvalue weighted by Crippen LogP contribution is 2.30. The number of aryl methyl sites for hydroxylation is 1. The van der Waals surface area contributed by atoms with E-state index in [1.807, 2.05) is 19.1 Å². The highest BCUT2D eigenvalue weighted by molar-refractivity contribution is 5.56. The molecule has 2 saturated heterocycles. The average Bonchev–Trinajstić information content (AvgIpc) is 2.96. The fourth-order valence-electron chi connectivity index (χ4n) is 3.47. The summed E-state index contributed by atoms with van der Waals surface area (Å²) < 4.78 is 5.41. The van der Waals surface area contributed by atoms with Gasteiger partial charge in [-0.3, -0.25) is 15.0 Å². The van der Waals surface area contributed by atoms with Crippen LogP contribution in [-0.2, 0) is 4.74 Å². The molecule has 0 unspecified atom stereocenters. The lowest BCUT2D eigenvalue weighted by atomic mass is 10.1. The number of hydrogen-bond donors (Lipinski definition) is 0. The van der Waals surface area contributed by atoms with Gasteiger partial charge in [0.15, 0.2) is 0 Å². The van der Waals surface area contributed by atoms with Gasteiger partial charge in [-0.2, -0.15) is 0 Å². The molecule has 6 nitrogen and oxygen atoms in total. The monoisotopic (exact) mass is 305 g/mol. The van der Waals surface area contributed by atoms with Crippen molar-refractivity contribution < 1.29 is 9.66 Å². The molecule has 0 amide bonds. The number of rotatable bonds is 4. The van der Waals surface area contributed by atoms with Gasteiger partial charge in [0.05, 0.1) is 18.1 Å². The van der Waals surface area contributed by atoms with Crippen molar-refractivity contribution in [1.29, 1.82) is 0 Å². The molecule has 0 spiro atoms. The molecular formula is C16H23N3O3. The van der Waals surface area contributed by atoms with Crippen LogP contribution in [-0.4, -0.2) is 55.3 Å². The molecule has 0 aromatic heterocycles. The highest BCUT2D eigenvalue weighted by Gasteiger charge is 2.28. The summed E-state index contributed by atoms with van der Waals surface area (Å²) in [4.78, 5) is 15.5. The van der Waals surface area contributed by atoms with Gasteiger partial charge >= 0.3 is 0 Å². The topological polar surface area (TPSA) is 58.8 Å². The minimum absolute atomic E-state index is 0.202. The Labute approximate surface area is 130 Å². The predicted octanol–water partition coefficient (Wildman–Crippen LogP) is 2.20. The Morgan fingerprint density at radius 1 is 1.32 bits per heavy atom. The third kappa shape index (κ3) is 3.23. The first-order valence-electron chi connectivity index (χ1n) is 7.97. The van der Waals surface area contributed by atoms with Crippen LogP contribution in [0, 0.1) is 17.0 Å². The number of nitrogens with zero attached hydrogens (tertiary/aromatic N) is 3. The molecule has 2 aliphatic rings. The summed E-state index contributed by atoms with van der Waals surface area (Å²) in [5.41, 5.74) is 2.05. The maximum atomic E-state index is 11.0. The Morgan fingerprint density at radius 2 is 2.09 bits per heavy atom. The zero-order valence-corrected chi connectivity index (χ0v) is 13.0. The van der Waals surface area contributed by atoms with Crippen LogP contribution >= 0.6 is 0 Å². The molecule has 22 heavy (non-hydrogen) atoms. The number of ether oxygens (including phenoxy) is 1. The Morgan fingerprint density at radius 3 is 2.77 bits per heavy atom. The molecule has 0 aliphatic carbocycles. The molecule has 1 aromatic rings. The van der Waals surface area contributed by atoms with Crippen molar-refractivity contribution in [1.82, 2.24) is 4.90 Å². The van der Waals surface area contributed by atoms with Gasteiger partial charge in [0.2, 0.25) is 0 Å². The Bertz CT molecular complexity index is 543. The zero-order valence-electron chi connectivity index (χ0n) is 13.0. The average molecular weight is 305 g/mol. The molecule has 1 aromatic carbocycles. The van der Waals surface area contributed by atoms with Crippen LogP contribution in [0.3, 0.4) is 0 Å². The van der Waals surface area contributed by atoms with Gasteiger partial charge in [0.25, 0.3) is 5.69 Å². The minimum Gasteiger partial charge on any atom is -0.379 e. The van der Waals surface area contributed by atoms with Gasteiger partial charge in [-0.25, -0.2) is 0 Å². The standard InChI is InChI=1S/C16H23N3O3/c1-13-11-14(4-5-16(13)19(20)21)18-6-2-3-15(18)12-17-7-9-22-10-8-17/h4-5,11,15H,2-3,6-10,12H2,1H3/t15-/m1/s1. The van der Waals surface area contributed by atoms with Crippen LogP contribution in [0.2, 0.25) is 0 Å². The quantitative estimate of drug-likeness (QED) is 0.630. The molecular weight excluding hydrogens is 282 g/mol. The van der Waals surface area contributed by atoms with E-state index in [0.29, 0.717) is 6.04 Å². The second-order valence-electron chi connectivity index (χ2n) is 6.13. The van der Waals surface area contributed by atoms with Crippen LogP contribution in [0.4, 0.5) is 11.4 Å². The summed E-state index contributed by atoms with van der Waals surface area (Å²) in [7, 11) is 0. The molecule has 3 rings (SSSR count). The van der Waals surface area contributed by atoms with Crippen LogP contribution in [0.25, 0.3) is 0 Å². The first-order chi connectivity index (χ1) is 10.6. The van der Waals surface area contributed by atoms with E-state index in [1.165, 1.54) is 12.8 Å². The summed E-state index contributed by atoms with van der Waals surface area (Å²) in [6.07, 6.45) is 2.37. The van der Waals surface area contributed by atoms with E-state index in [9.17, 15) is 10.1 Å². The molecule has 1 atom stereocenters. The van der Waals surface area contributed by atoms with Crippen molar-refractivity contribution in [2.75, 3.05) is 44.3 Å². The molecule has 6 heteroatoms. The largest absolute Gasteiger partial charge is 0.379 e. The van der Waals surface area contributed by atoms with Crippen molar-refractivity contribution in [3.05, 3.63) is 33.9 Å². The van der Waals surface area contributed by atoms with Gasteiger partial charge in [-0.1, -0.05) is 0 Å². The fourth-order valence-corrected chi connectivity index (χ4v) is 3.47. The Balaban J connectivity index is 1.72. The number of nitro benzene ring substituents is 1. The minimum atomic E-state index is -0.311. The Kier molecular flexibility index (Phi) is 4.59. The van der Waals surface area contributed by atoms with E-state index in [-0.39, 0.29) is 10.6 Å². The lowest BCUT2D eigenvalue weighted by molar-refractivity contribution is -0.385. The van der Waals surface area contributed by atoms with Crippen molar-refractivity contribution >= 4 is 11.4 Å². The first kappa shape index (κ1) is 15.2. The summed E-state index contributed by atoms with van der Waals surface area (Å²) >= 11 is 0. The molecule has 0 N–H and O–H groups in total. The van der Waals surface area contributed by atoms with Gasteiger partial charge in [-0.15, -0.1) is 0 Å². The maximum Gasteiger partial charge on any atom is 0.272 e. The maximum absolute atomic E-state index is 11.0. The van der Waals surface area contributed by atoms with Crippen LogP contribution in [0.1, 0.15) is 18.4 Å². The summed E-state index contributed by atoms with van der Waals surface area (Å²) in [6.45, 7) is 7.56. The number of morpholine rings is 1. The van der Waals surface area contributed by atoms with Crippen LogP contribution < -0.4 is 4.90 Å². The van der Waals surface area contributed by atoms with Crippen molar-refractivity contribution in [2.24, 2.45) is 0 Å². The smallest absolute Gasteiger partial charge is 0.272 e. The fraction of sp³-hybridized carbons (Fsp3) is 0.625. The van der Waals surface area contributed by atoms with Crippen molar-refractivity contribution in [3.8, 4) is 0 Å². The second kappa shape index (κ2) is 6.62. The number of hydrogen-bond acceptors (Lipinski definition) is 5. The third-order valence-corrected chi connectivity index (χ3v) is 4.66. The Hall–Kier alpha value is -1.66. The molecule has 0 radical (unpaired) electrons. The van der Waals surface area contributed by atoms with Gasteiger partial charge in [0.1, 0.15) is 0 Å². The van der Waals surface area contributed by atoms with E-state index in [1.54, 1.807) is 6.07 Å². The van der Waals surface area contributed by atoms with E-state index in [2.05, 4.69) is 9.80 Å². The zero-order chi connectivity index (χ0) is 15.5. The summed E-state index contributed by atoms with van der Waals surface area (Å²) in [6, 6.07) is 5.98. The molecule has 0 saturated carbocycles. The van der Waals surface area contributed by atoms with Crippen LogP contribution in [0.5, 0.6) is 0 Å². The second-order valence-corrected chi connectivity index (χ2v) is 6.13.